The first-order valence-corrected chi connectivity index (χ1v) is 12.5. The quantitative estimate of drug-likeness (QED) is 0.220. The fourth-order valence-corrected chi connectivity index (χ4v) is 4.74. The van der Waals surface area contributed by atoms with Gasteiger partial charge in [-0.1, -0.05) is 31.4 Å². The van der Waals surface area contributed by atoms with Crippen molar-refractivity contribution >= 4 is 39.2 Å². The molecule has 3 aromatic heterocycles. The van der Waals surface area contributed by atoms with Gasteiger partial charge < -0.3 is 15.6 Å². The molecule has 0 unspecified atom stereocenters. The second kappa shape index (κ2) is 10.6. The highest BCUT2D eigenvalue weighted by atomic mass is 32.1. The highest BCUT2D eigenvalue weighted by Gasteiger charge is 2.16. The molecule has 0 spiro atoms. The monoisotopic (exact) mass is 481 g/mol. The molecule has 0 saturated carbocycles. The second-order valence-electron chi connectivity index (χ2n) is 8.48. The van der Waals surface area contributed by atoms with Crippen LogP contribution in [-0.4, -0.2) is 28.0 Å². The van der Waals surface area contributed by atoms with Crippen molar-refractivity contribution in [3.05, 3.63) is 102 Å². The van der Waals surface area contributed by atoms with Crippen LogP contribution in [-0.2, 0) is 0 Å². The van der Waals surface area contributed by atoms with Crippen LogP contribution in [0.1, 0.15) is 37.7 Å². The third-order valence-electron chi connectivity index (χ3n) is 5.71. The van der Waals surface area contributed by atoms with Gasteiger partial charge in [-0.3, -0.25) is 4.98 Å². The van der Waals surface area contributed by atoms with E-state index >= 15 is 0 Å². The second-order valence-corrected chi connectivity index (χ2v) is 9.43. The Balaban J connectivity index is 1.76. The standard InChI is InChI=1S/C29H31N5S/c1-7-20(14-22(8-2)32-18(3)4)21-11-12-25(30-6)23(15-21)19(5)29-33-26-17-31-16-24(28(26)34-29)27-10-9-13-35-27/h7-18,30,32H,2,5H2,1,3-4,6H3,(H,33,34)/b20-7+,22-14+. The average Bonchev–Trinajstić information content (AvgIpc) is 3.55. The summed E-state index contributed by atoms with van der Waals surface area (Å²) < 4.78 is 0. The third-order valence-corrected chi connectivity index (χ3v) is 6.61. The number of anilines is 1. The Morgan fingerprint density at radius 2 is 2.03 bits per heavy atom. The van der Waals surface area contributed by atoms with Crippen molar-refractivity contribution in [2.45, 2.75) is 26.8 Å². The molecule has 0 bridgehead atoms. The van der Waals surface area contributed by atoms with E-state index in [1.807, 2.05) is 38.5 Å². The zero-order valence-corrected chi connectivity index (χ0v) is 21.5. The van der Waals surface area contributed by atoms with Gasteiger partial charge in [0.1, 0.15) is 11.3 Å². The summed E-state index contributed by atoms with van der Waals surface area (Å²) >= 11 is 1.68. The maximum atomic E-state index is 4.94. The molecule has 35 heavy (non-hydrogen) atoms. The van der Waals surface area contributed by atoms with E-state index in [1.54, 1.807) is 11.3 Å². The van der Waals surface area contributed by atoms with Crippen LogP contribution in [0, 0.1) is 0 Å². The number of nitrogens with one attached hydrogen (secondary N) is 3. The lowest BCUT2D eigenvalue weighted by Gasteiger charge is -2.15. The van der Waals surface area contributed by atoms with Crippen molar-refractivity contribution in [2.24, 2.45) is 0 Å². The number of pyridine rings is 1. The van der Waals surface area contributed by atoms with Crippen molar-refractivity contribution in [2.75, 3.05) is 12.4 Å². The molecule has 5 nitrogen and oxygen atoms in total. The van der Waals surface area contributed by atoms with Gasteiger partial charge in [-0.15, -0.1) is 11.3 Å². The van der Waals surface area contributed by atoms with Crippen LogP contribution in [0.2, 0.25) is 0 Å². The molecule has 0 radical (unpaired) electrons. The van der Waals surface area contributed by atoms with Crippen molar-refractivity contribution in [1.82, 2.24) is 20.3 Å². The molecule has 1 aromatic carbocycles. The van der Waals surface area contributed by atoms with Gasteiger partial charge >= 0.3 is 0 Å². The van der Waals surface area contributed by atoms with Gasteiger partial charge in [0.15, 0.2) is 0 Å². The van der Waals surface area contributed by atoms with Gasteiger partial charge in [-0.2, -0.15) is 0 Å². The third kappa shape index (κ3) is 5.12. The minimum atomic E-state index is 0.320. The number of H-pyrrole nitrogens is 1. The first-order valence-electron chi connectivity index (χ1n) is 11.6. The number of hydrogen-bond donors (Lipinski definition) is 3. The Labute approximate surface area is 211 Å². The number of aromatic amines is 1. The van der Waals surface area contributed by atoms with E-state index in [9.17, 15) is 0 Å². The fraction of sp³-hybridized carbons (Fsp3) is 0.172. The van der Waals surface area contributed by atoms with Crippen LogP contribution in [0.4, 0.5) is 5.69 Å². The molecular formula is C29H31N5S. The molecule has 6 heteroatoms. The van der Waals surface area contributed by atoms with E-state index in [-0.39, 0.29) is 0 Å². The van der Waals surface area contributed by atoms with Gasteiger partial charge in [-0.05, 0) is 67.6 Å². The van der Waals surface area contributed by atoms with Crippen LogP contribution in [0.25, 0.3) is 32.6 Å². The van der Waals surface area contributed by atoms with E-state index in [4.69, 9.17) is 4.98 Å². The fourth-order valence-electron chi connectivity index (χ4n) is 4.00. The van der Waals surface area contributed by atoms with Crippen molar-refractivity contribution in [3.8, 4) is 10.4 Å². The van der Waals surface area contributed by atoms with Gasteiger partial charge in [-0.25, -0.2) is 4.98 Å². The number of hydrogen-bond acceptors (Lipinski definition) is 5. The summed E-state index contributed by atoms with van der Waals surface area (Å²) in [6.45, 7) is 14.6. The zero-order chi connectivity index (χ0) is 24.9. The maximum Gasteiger partial charge on any atom is 0.138 e. The van der Waals surface area contributed by atoms with Crippen LogP contribution in [0.3, 0.4) is 0 Å². The van der Waals surface area contributed by atoms with Crippen LogP contribution < -0.4 is 10.6 Å². The molecule has 3 heterocycles. The number of nitrogens with zero attached hydrogens (tertiary/aromatic N) is 2. The number of aromatic nitrogens is 3. The van der Waals surface area contributed by atoms with E-state index in [1.165, 1.54) is 0 Å². The molecule has 4 aromatic rings. The van der Waals surface area contributed by atoms with Crippen molar-refractivity contribution in [3.63, 3.8) is 0 Å². The van der Waals surface area contributed by atoms with E-state index < -0.39 is 0 Å². The van der Waals surface area contributed by atoms with Crippen LogP contribution in [0.15, 0.2) is 85.2 Å². The Morgan fingerprint density at radius 3 is 2.69 bits per heavy atom. The number of imidazole rings is 1. The van der Waals surface area contributed by atoms with E-state index in [0.717, 1.165) is 61.0 Å². The first-order chi connectivity index (χ1) is 16.9. The van der Waals surface area contributed by atoms with Crippen LogP contribution in [0.5, 0.6) is 0 Å². The summed E-state index contributed by atoms with van der Waals surface area (Å²) in [7, 11) is 1.92. The molecule has 0 saturated heterocycles. The van der Waals surface area contributed by atoms with Gasteiger partial charge in [0, 0.05) is 52.2 Å². The molecule has 3 N–H and O–H groups in total. The molecule has 4 rings (SSSR count). The van der Waals surface area contributed by atoms with Crippen molar-refractivity contribution in [1.29, 1.82) is 0 Å². The number of allylic oxidation sites excluding steroid dienone is 4. The van der Waals surface area contributed by atoms with Gasteiger partial charge in [0.2, 0.25) is 0 Å². The van der Waals surface area contributed by atoms with Crippen molar-refractivity contribution < 1.29 is 0 Å². The highest BCUT2D eigenvalue weighted by Crippen LogP contribution is 2.34. The average molecular weight is 482 g/mol. The normalized spacial score (nSPS) is 12.3. The topological polar surface area (TPSA) is 65.6 Å². The summed E-state index contributed by atoms with van der Waals surface area (Å²) in [4.78, 5) is 13.9. The predicted octanol–water partition coefficient (Wildman–Crippen LogP) is 7.26. The summed E-state index contributed by atoms with van der Waals surface area (Å²) in [5, 5.41) is 8.80. The Bertz CT molecular complexity index is 1420. The lowest BCUT2D eigenvalue weighted by Crippen LogP contribution is -2.20. The minimum absolute atomic E-state index is 0.320. The van der Waals surface area contributed by atoms with Gasteiger partial charge in [0.05, 0.1) is 11.7 Å². The number of thiophene rings is 1. The smallest absolute Gasteiger partial charge is 0.138 e. The molecule has 0 aliphatic rings. The summed E-state index contributed by atoms with van der Waals surface area (Å²) in [5.41, 5.74) is 8.76. The molecule has 0 fully saturated rings. The number of fused-ring (bicyclic) bond motifs is 1. The lowest BCUT2D eigenvalue weighted by atomic mass is 9.96. The largest absolute Gasteiger partial charge is 0.388 e. The molecule has 0 aliphatic heterocycles. The Morgan fingerprint density at radius 1 is 1.20 bits per heavy atom. The molecule has 0 atom stereocenters. The lowest BCUT2D eigenvalue weighted by molar-refractivity contribution is 0.682. The first kappa shape index (κ1) is 24.2. The minimum Gasteiger partial charge on any atom is -0.388 e. The van der Waals surface area contributed by atoms with E-state index in [0.29, 0.717) is 6.04 Å². The number of rotatable bonds is 9. The maximum absolute atomic E-state index is 4.94. The highest BCUT2D eigenvalue weighted by molar-refractivity contribution is 7.13. The summed E-state index contributed by atoms with van der Waals surface area (Å²) in [6, 6.07) is 10.8. The summed E-state index contributed by atoms with van der Waals surface area (Å²) in [6.07, 6.45) is 9.75. The van der Waals surface area contributed by atoms with E-state index in [2.05, 4.69) is 89.4 Å². The Hall–Kier alpha value is -3.90. The zero-order valence-electron chi connectivity index (χ0n) is 20.6. The molecule has 0 aliphatic carbocycles. The molecular weight excluding hydrogens is 450 g/mol. The van der Waals surface area contributed by atoms with Crippen LogP contribution >= 0.6 is 11.3 Å². The SMILES string of the molecule is C=C/C(=C\C(=C/C)c1ccc(NC)c(C(=C)c2nc3c(-c4cccs4)cncc3[nH]2)c1)NC(C)C. The Kier molecular flexibility index (Phi) is 7.32. The number of benzene rings is 1. The molecule has 178 valence electrons. The molecule has 0 amide bonds. The van der Waals surface area contributed by atoms with Gasteiger partial charge in [0.25, 0.3) is 0 Å². The summed E-state index contributed by atoms with van der Waals surface area (Å²) in [5.74, 6) is 0.727. The predicted molar refractivity (Wildman–Crippen MR) is 152 cm³/mol.